The van der Waals surface area contributed by atoms with E-state index in [-0.39, 0.29) is 29.3 Å². The Balaban J connectivity index is 1.45. The van der Waals surface area contributed by atoms with Crippen LogP contribution in [0.5, 0.6) is 0 Å². The lowest BCUT2D eigenvalue weighted by molar-refractivity contribution is -0.127. The smallest absolute Gasteiger partial charge is 0.268 e. The summed E-state index contributed by atoms with van der Waals surface area (Å²) >= 11 is 1.23. The van der Waals surface area contributed by atoms with E-state index in [1.807, 2.05) is 36.6 Å². The number of hydrogen-bond donors (Lipinski definition) is 3. The Morgan fingerprint density at radius 1 is 1.24 bits per heavy atom. The fourth-order valence-electron chi connectivity index (χ4n) is 5.56. The maximum absolute atomic E-state index is 13.7. The number of carbonyl (C=O) groups is 2. The molecule has 46 heavy (non-hydrogen) atoms. The van der Waals surface area contributed by atoms with Crippen molar-refractivity contribution in [3.8, 4) is 16.5 Å². The summed E-state index contributed by atoms with van der Waals surface area (Å²) in [5.74, 6) is -0.847. The van der Waals surface area contributed by atoms with Crippen molar-refractivity contribution in [3.05, 3.63) is 76.7 Å². The van der Waals surface area contributed by atoms with Crippen molar-refractivity contribution in [2.75, 3.05) is 18.4 Å². The summed E-state index contributed by atoms with van der Waals surface area (Å²) in [6, 6.07) is 14.2. The maximum atomic E-state index is 13.7. The number of thiophene rings is 1. The van der Waals surface area contributed by atoms with Crippen LogP contribution in [0.25, 0.3) is 21.5 Å². The van der Waals surface area contributed by atoms with Crippen LogP contribution in [0.3, 0.4) is 0 Å². The summed E-state index contributed by atoms with van der Waals surface area (Å²) in [6.45, 7) is 9.18. The number of benzene rings is 1. The van der Waals surface area contributed by atoms with E-state index < -0.39 is 11.5 Å². The van der Waals surface area contributed by atoms with Crippen molar-refractivity contribution < 1.29 is 19.1 Å². The molecule has 1 aliphatic rings. The molecule has 1 aromatic carbocycles. The SMILES string of the molecule is CC(C)C=C(C#N)C(=O)N1CCCC1Cn1c(NC(=O)c2ccc(-c3ccnc(F)c3)s2)nc2cc(CNCC(C)(C)O)ccc21. The van der Waals surface area contributed by atoms with Gasteiger partial charge in [-0.05, 0) is 74.1 Å². The molecule has 0 spiro atoms. The Bertz CT molecular complexity index is 1810. The molecule has 1 saturated heterocycles. The minimum absolute atomic E-state index is 0.0570. The van der Waals surface area contributed by atoms with E-state index in [2.05, 4.69) is 21.7 Å². The van der Waals surface area contributed by atoms with Crippen LogP contribution in [-0.4, -0.2) is 61.1 Å². The van der Waals surface area contributed by atoms with E-state index >= 15 is 0 Å². The number of allylic oxidation sites excluding steroid dienone is 1. The van der Waals surface area contributed by atoms with Crippen LogP contribution in [0.2, 0.25) is 0 Å². The van der Waals surface area contributed by atoms with Gasteiger partial charge >= 0.3 is 0 Å². The Labute approximate surface area is 271 Å². The summed E-state index contributed by atoms with van der Waals surface area (Å²) < 4.78 is 15.6. The molecule has 5 rings (SSSR count). The first-order valence-corrected chi connectivity index (χ1v) is 16.1. The molecule has 1 unspecified atom stereocenters. The van der Waals surface area contributed by atoms with Gasteiger partial charge in [-0.2, -0.15) is 9.65 Å². The number of aromatic nitrogens is 3. The molecule has 4 heterocycles. The zero-order chi connectivity index (χ0) is 33.0. The van der Waals surface area contributed by atoms with Gasteiger partial charge in [0.1, 0.15) is 11.6 Å². The van der Waals surface area contributed by atoms with E-state index in [0.29, 0.717) is 48.1 Å². The predicted molar refractivity (Wildman–Crippen MR) is 176 cm³/mol. The zero-order valence-corrected chi connectivity index (χ0v) is 27.2. The number of fused-ring (bicyclic) bond motifs is 1. The quantitative estimate of drug-likeness (QED) is 0.111. The number of nitriles is 1. The van der Waals surface area contributed by atoms with Gasteiger partial charge in [-0.15, -0.1) is 11.3 Å². The molecule has 3 aromatic heterocycles. The van der Waals surface area contributed by atoms with Crippen molar-refractivity contribution in [2.45, 2.75) is 65.3 Å². The van der Waals surface area contributed by atoms with Gasteiger partial charge in [-0.25, -0.2) is 9.97 Å². The van der Waals surface area contributed by atoms with Crippen molar-refractivity contribution in [2.24, 2.45) is 5.92 Å². The zero-order valence-electron chi connectivity index (χ0n) is 26.4. The Hall–Kier alpha value is -4.44. The molecule has 2 amide bonds. The lowest BCUT2D eigenvalue weighted by Crippen LogP contribution is -2.39. The lowest BCUT2D eigenvalue weighted by atomic mass is 10.1. The van der Waals surface area contributed by atoms with Gasteiger partial charge in [-0.3, -0.25) is 14.9 Å². The molecule has 0 radical (unpaired) electrons. The Morgan fingerprint density at radius 3 is 2.76 bits per heavy atom. The van der Waals surface area contributed by atoms with Gasteiger partial charge in [0, 0.05) is 43.3 Å². The van der Waals surface area contributed by atoms with E-state index in [9.17, 15) is 24.3 Å². The van der Waals surface area contributed by atoms with Gasteiger partial charge in [0.25, 0.3) is 11.8 Å². The Kier molecular flexibility index (Phi) is 9.96. The number of likely N-dealkylation sites (tertiary alicyclic amines) is 1. The molecule has 1 atom stereocenters. The third-order valence-electron chi connectivity index (χ3n) is 7.65. The number of aliphatic hydroxyl groups is 1. The fourth-order valence-corrected chi connectivity index (χ4v) is 6.46. The van der Waals surface area contributed by atoms with Crippen LogP contribution in [0.15, 0.2) is 60.3 Å². The molecular formula is C34H38FN7O3S. The van der Waals surface area contributed by atoms with Gasteiger partial charge < -0.3 is 19.9 Å². The first kappa shape index (κ1) is 32.9. The second kappa shape index (κ2) is 13.9. The highest BCUT2D eigenvalue weighted by Gasteiger charge is 2.32. The van der Waals surface area contributed by atoms with E-state index in [1.54, 1.807) is 43.0 Å². The van der Waals surface area contributed by atoms with Gasteiger partial charge in [0.05, 0.1) is 27.6 Å². The fraction of sp³-hybridized carbons (Fsp3) is 0.382. The number of carbonyl (C=O) groups excluding carboxylic acids is 2. The molecule has 1 aliphatic heterocycles. The number of anilines is 1. The third-order valence-corrected chi connectivity index (χ3v) is 8.78. The average molecular weight is 644 g/mol. The van der Waals surface area contributed by atoms with Crippen LogP contribution >= 0.6 is 11.3 Å². The predicted octanol–water partition coefficient (Wildman–Crippen LogP) is 5.51. The second-order valence-corrected chi connectivity index (χ2v) is 13.6. The molecule has 240 valence electrons. The molecule has 1 fully saturated rings. The number of halogens is 1. The molecule has 4 aromatic rings. The van der Waals surface area contributed by atoms with Crippen molar-refractivity contribution in [1.29, 1.82) is 5.26 Å². The highest BCUT2D eigenvalue weighted by atomic mass is 32.1. The summed E-state index contributed by atoms with van der Waals surface area (Å²) in [5.41, 5.74) is 2.34. The number of nitrogens with zero attached hydrogens (tertiary/aromatic N) is 5. The van der Waals surface area contributed by atoms with E-state index in [0.717, 1.165) is 28.8 Å². The maximum Gasteiger partial charge on any atom is 0.268 e. The number of pyridine rings is 1. The van der Waals surface area contributed by atoms with Gasteiger partial charge in [-0.1, -0.05) is 26.0 Å². The second-order valence-electron chi connectivity index (χ2n) is 12.5. The van der Waals surface area contributed by atoms with Crippen LogP contribution in [0.1, 0.15) is 55.8 Å². The minimum Gasteiger partial charge on any atom is -0.389 e. The number of rotatable bonds is 11. The number of amides is 2. The summed E-state index contributed by atoms with van der Waals surface area (Å²) in [4.78, 5) is 38.2. The van der Waals surface area contributed by atoms with Gasteiger partial charge in [0.15, 0.2) is 0 Å². The number of nitrogens with one attached hydrogen (secondary N) is 2. The van der Waals surface area contributed by atoms with E-state index in [1.165, 1.54) is 23.6 Å². The monoisotopic (exact) mass is 643 g/mol. The first-order chi connectivity index (χ1) is 21.9. The van der Waals surface area contributed by atoms with Crippen molar-refractivity contribution in [3.63, 3.8) is 0 Å². The van der Waals surface area contributed by atoms with Crippen LogP contribution in [0, 0.1) is 23.2 Å². The first-order valence-electron chi connectivity index (χ1n) is 15.3. The molecule has 0 bridgehead atoms. The highest BCUT2D eigenvalue weighted by molar-refractivity contribution is 7.17. The standard InChI is InChI=1S/C34H38FN7O3S/c1-21(2)14-24(17-36)32(44)41-13-5-6-25(41)19-42-27-8-7-22(18-37-20-34(3,4)45)15-26(27)39-33(42)40-31(43)29-10-9-28(46-29)23-11-12-38-30(35)16-23/h7-12,14-16,21,25,37,45H,5-6,13,18-20H2,1-4H3,(H,39,40,43). The van der Waals surface area contributed by atoms with Crippen LogP contribution < -0.4 is 10.6 Å². The average Bonchev–Trinajstić information content (AvgIpc) is 3.74. The molecule has 3 N–H and O–H groups in total. The van der Waals surface area contributed by atoms with Gasteiger partial charge in [0.2, 0.25) is 11.9 Å². The molecule has 12 heteroatoms. The largest absolute Gasteiger partial charge is 0.389 e. The number of imidazole rings is 1. The highest BCUT2D eigenvalue weighted by Crippen LogP contribution is 2.30. The topological polar surface area (TPSA) is 136 Å². The summed E-state index contributed by atoms with van der Waals surface area (Å²) in [7, 11) is 0. The van der Waals surface area contributed by atoms with Crippen molar-refractivity contribution in [1.82, 2.24) is 24.8 Å². The minimum atomic E-state index is -0.850. The van der Waals surface area contributed by atoms with Crippen LogP contribution in [0.4, 0.5) is 10.3 Å². The Morgan fingerprint density at radius 2 is 2.04 bits per heavy atom. The summed E-state index contributed by atoms with van der Waals surface area (Å²) in [5, 5.41) is 26.0. The van der Waals surface area contributed by atoms with Crippen molar-refractivity contribution >= 4 is 40.1 Å². The summed E-state index contributed by atoms with van der Waals surface area (Å²) in [6.07, 6.45) is 4.62. The van der Waals surface area contributed by atoms with E-state index in [4.69, 9.17) is 4.98 Å². The normalized spacial score (nSPS) is 15.5. The molecular weight excluding hydrogens is 605 g/mol. The third kappa shape index (κ3) is 7.85. The number of hydrogen-bond acceptors (Lipinski definition) is 8. The lowest BCUT2D eigenvalue weighted by Gasteiger charge is -2.26. The van der Waals surface area contributed by atoms with Crippen LogP contribution in [-0.2, 0) is 17.9 Å². The molecule has 0 aliphatic carbocycles. The molecule has 0 saturated carbocycles. The molecule has 10 nitrogen and oxygen atoms in total.